The van der Waals surface area contributed by atoms with Crippen LogP contribution >= 0.6 is 11.6 Å². The first-order valence-corrected chi connectivity index (χ1v) is 10.2. The van der Waals surface area contributed by atoms with Crippen LogP contribution in [0.25, 0.3) is 0 Å². The molecule has 11 heteroatoms. The minimum Gasteiger partial charge on any atom is -0.432 e. The van der Waals surface area contributed by atoms with E-state index in [1.165, 1.54) is 14.2 Å². The topological polar surface area (TPSA) is 100 Å². The number of rotatable bonds is 11. The van der Waals surface area contributed by atoms with E-state index >= 15 is 0 Å². The molecule has 0 amide bonds. The molecule has 0 radical (unpaired) electrons. The molecule has 4 bridgehead atoms. The second kappa shape index (κ2) is 9.76. The Morgan fingerprint density at radius 1 is 0.933 bits per heavy atom. The number of halogens is 1. The molecule has 4 aliphatic rings. The molecule has 3 saturated heterocycles. The van der Waals surface area contributed by atoms with Gasteiger partial charge in [0.15, 0.2) is 6.10 Å². The average Bonchev–Trinajstić information content (AvgIpc) is 3.35. The molecule has 30 heavy (non-hydrogen) atoms. The Kier molecular flexibility index (Phi) is 7.28. The number of methoxy groups -OCH3 is 3. The van der Waals surface area contributed by atoms with Gasteiger partial charge in [-0.15, -0.1) is 0 Å². The van der Waals surface area contributed by atoms with Gasteiger partial charge in [0.05, 0.1) is 18.1 Å². The SMILES string of the molecule is COCOC1C2OC(C=C2Cl)[C@@H]1CC1C(=O)OC2OC1C(OCOC)[C@H]2OCOC. The first-order chi connectivity index (χ1) is 14.6. The Balaban J connectivity index is 1.51. The van der Waals surface area contributed by atoms with Crippen molar-refractivity contribution in [1.29, 1.82) is 0 Å². The predicted octanol–water partition coefficient (Wildman–Crippen LogP) is 0.762. The van der Waals surface area contributed by atoms with Crippen LogP contribution in [-0.4, -0.2) is 90.6 Å². The summed E-state index contributed by atoms with van der Waals surface area (Å²) < 4.78 is 49.9. The highest BCUT2D eigenvalue weighted by molar-refractivity contribution is 6.30. The molecule has 10 nitrogen and oxygen atoms in total. The van der Waals surface area contributed by atoms with Crippen molar-refractivity contribution in [2.75, 3.05) is 41.7 Å². The predicted molar refractivity (Wildman–Crippen MR) is 99.2 cm³/mol. The molecule has 3 fully saturated rings. The summed E-state index contributed by atoms with van der Waals surface area (Å²) in [5, 5.41) is 0.607. The Bertz CT molecular complexity index is 645. The Labute approximate surface area is 179 Å². The van der Waals surface area contributed by atoms with Gasteiger partial charge in [-0.2, -0.15) is 0 Å². The summed E-state index contributed by atoms with van der Waals surface area (Å²) in [5.74, 6) is -1.07. The fourth-order valence-electron chi connectivity index (χ4n) is 4.61. The van der Waals surface area contributed by atoms with Crippen molar-refractivity contribution in [3.63, 3.8) is 0 Å². The fourth-order valence-corrected chi connectivity index (χ4v) is 4.91. The summed E-state index contributed by atoms with van der Waals surface area (Å²) in [6.45, 7) is 0.143. The molecule has 7 unspecified atom stereocenters. The van der Waals surface area contributed by atoms with E-state index in [1.54, 1.807) is 7.11 Å². The molecule has 0 saturated carbocycles. The lowest BCUT2D eigenvalue weighted by Crippen LogP contribution is -2.45. The van der Waals surface area contributed by atoms with E-state index in [1.807, 2.05) is 6.08 Å². The average molecular weight is 451 g/mol. The number of ether oxygens (including phenoxy) is 9. The van der Waals surface area contributed by atoms with Crippen LogP contribution in [0.4, 0.5) is 0 Å². The van der Waals surface area contributed by atoms with Gasteiger partial charge in [-0.05, 0) is 12.5 Å². The van der Waals surface area contributed by atoms with Crippen molar-refractivity contribution in [1.82, 2.24) is 0 Å². The lowest BCUT2D eigenvalue weighted by atomic mass is 9.80. The zero-order valence-electron chi connectivity index (χ0n) is 17.1. The molecule has 170 valence electrons. The molecule has 0 aliphatic carbocycles. The zero-order chi connectivity index (χ0) is 21.3. The first kappa shape index (κ1) is 22.4. The highest BCUT2D eigenvalue weighted by Crippen LogP contribution is 2.47. The number of carbonyl (C=O) groups excluding carboxylic acids is 1. The second-order valence-corrected chi connectivity index (χ2v) is 8.03. The van der Waals surface area contributed by atoms with Crippen LogP contribution in [0, 0.1) is 11.8 Å². The maximum Gasteiger partial charge on any atom is 0.314 e. The van der Waals surface area contributed by atoms with Gasteiger partial charge < -0.3 is 42.6 Å². The van der Waals surface area contributed by atoms with Crippen molar-refractivity contribution in [3.8, 4) is 0 Å². The summed E-state index contributed by atoms with van der Waals surface area (Å²) in [6, 6.07) is 0. The third-order valence-corrected chi connectivity index (χ3v) is 6.18. The van der Waals surface area contributed by atoms with Crippen LogP contribution in [0.3, 0.4) is 0 Å². The molecule has 4 heterocycles. The molecular weight excluding hydrogens is 424 g/mol. The molecule has 0 N–H and O–H groups in total. The number of fused-ring (bicyclic) bond motifs is 4. The van der Waals surface area contributed by atoms with Gasteiger partial charge in [0.25, 0.3) is 0 Å². The van der Waals surface area contributed by atoms with Gasteiger partial charge in [-0.1, -0.05) is 11.6 Å². The van der Waals surface area contributed by atoms with Crippen molar-refractivity contribution >= 4 is 17.6 Å². The molecule has 0 aromatic rings. The van der Waals surface area contributed by atoms with Crippen molar-refractivity contribution in [2.24, 2.45) is 11.8 Å². The minimum atomic E-state index is -0.859. The van der Waals surface area contributed by atoms with Crippen molar-refractivity contribution < 1.29 is 47.4 Å². The summed E-state index contributed by atoms with van der Waals surface area (Å²) in [5.41, 5.74) is 0. The van der Waals surface area contributed by atoms with Gasteiger partial charge in [0.1, 0.15) is 38.7 Å². The minimum absolute atomic E-state index is 0.0166. The molecular formula is C19H27ClO10. The van der Waals surface area contributed by atoms with E-state index in [4.69, 9.17) is 54.2 Å². The van der Waals surface area contributed by atoms with Crippen LogP contribution in [-0.2, 0) is 47.4 Å². The van der Waals surface area contributed by atoms with Crippen molar-refractivity contribution in [2.45, 2.75) is 49.3 Å². The zero-order valence-corrected chi connectivity index (χ0v) is 17.8. The van der Waals surface area contributed by atoms with Crippen LogP contribution in [0.5, 0.6) is 0 Å². The quantitative estimate of drug-likeness (QED) is 0.331. The van der Waals surface area contributed by atoms with E-state index in [0.29, 0.717) is 11.5 Å². The summed E-state index contributed by atoms with van der Waals surface area (Å²) in [6.07, 6.45) is -1.28. The lowest BCUT2D eigenvalue weighted by molar-refractivity contribution is -0.230. The van der Waals surface area contributed by atoms with Gasteiger partial charge in [-0.25, -0.2) is 0 Å². The van der Waals surface area contributed by atoms with Crippen LogP contribution in [0.2, 0.25) is 0 Å². The summed E-state index contributed by atoms with van der Waals surface area (Å²) in [7, 11) is 4.58. The fraction of sp³-hybridized carbons (Fsp3) is 0.842. The molecule has 0 aromatic heterocycles. The van der Waals surface area contributed by atoms with Crippen LogP contribution < -0.4 is 0 Å². The Morgan fingerprint density at radius 3 is 2.23 bits per heavy atom. The Morgan fingerprint density at radius 2 is 1.57 bits per heavy atom. The molecule has 0 spiro atoms. The van der Waals surface area contributed by atoms with E-state index in [2.05, 4.69) is 0 Å². The van der Waals surface area contributed by atoms with Crippen LogP contribution in [0.1, 0.15) is 6.42 Å². The normalized spacial score (nSPS) is 41.9. The molecule has 9 atom stereocenters. The summed E-state index contributed by atoms with van der Waals surface area (Å²) >= 11 is 6.27. The first-order valence-electron chi connectivity index (χ1n) is 9.79. The summed E-state index contributed by atoms with van der Waals surface area (Å²) in [4.78, 5) is 12.8. The van der Waals surface area contributed by atoms with Gasteiger partial charge in [0.2, 0.25) is 6.29 Å². The Hall–Kier alpha value is -0.820. The standard InChI is InChI=1S/C19H27ClO10/c1-22-6-25-13-9(12-5-11(20)15(13)28-12)4-10-14-16(26-7-23-2)17(27-8-24-3)19(29-14)30-18(10)21/h5,9-10,12-17,19H,4,6-8H2,1-3H3/t9-,10?,12?,13?,14?,15?,16?,17+,19?/m0/s1. The number of hydrogen-bond donors (Lipinski definition) is 0. The largest absolute Gasteiger partial charge is 0.432 e. The second-order valence-electron chi connectivity index (χ2n) is 7.60. The maximum absolute atomic E-state index is 12.8. The van der Waals surface area contributed by atoms with E-state index < -0.39 is 30.5 Å². The lowest BCUT2D eigenvalue weighted by Gasteiger charge is -2.33. The molecule has 0 aromatic carbocycles. The van der Waals surface area contributed by atoms with Gasteiger partial charge in [-0.3, -0.25) is 4.79 Å². The highest BCUT2D eigenvalue weighted by atomic mass is 35.5. The molecule has 4 aliphatic heterocycles. The van der Waals surface area contributed by atoms with Gasteiger partial charge in [0, 0.05) is 32.3 Å². The van der Waals surface area contributed by atoms with E-state index in [-0.39, 0.29) is 50.6 Å². The number of carbonyl (C=O) groups is 1. The monoisotopic (exact) mass is 450 g/mol. The number of hydrogen-bond acceptors (Lipinski definition) is 10. The van der Waals surface area contributed by atoms with E-state index in [0.717, 1.165) is 0 Å². The third-order valence-electron chi connectivity index (χ3n) is 5.84. The van der Waals surface area contributed by atoms with Gasteiger partial charge >= 0.3 is 5.97 Å². The third kappa shape index (κ3) is 4.13. The van der Waals surface area contributed by atoms with Crippen molar-refractivity contribution in [3.05, 3.63) is 11.1 Å². The molecule has 4 rings (SSSR count). The number of esters is 1. The maximum atomic E-state index is 12.8. The van der Waals surface area contributed by atoms with Crippen LogP contribution in [0.15, 0.2) is 11.1 Å². The highest BCUT2D eigenvalue weighted by Gasteiger charge is 2.60. The van der Waals surface area contributed by atoms with E-state index in [9.17, 15) is 4.79 Å². The smallest absolute Gasteiger partial charge is 0.314 e.